The highest BCUT2D eigenvalue weighted by atomic mass is 16.5. The van der Waals surface area contributed by atoms with Crippen LogP contribution in [0.15, 0.2) is 0 Å². The van der Waals surface area contributed by atoms with Gasteiger partial charge in [-0.1, -0.05) is 0 Å². The van der Waals surface area contributed by atoms with E-state index in [1.807, 2.05) is 0 Å². The molecule has 0 aromatic heterocycles. The first-order valence-corrected chi connectivity index (χ1v) is 6.47. The molecule has 1 fully saturated rings. The Hall–Kier alpha value is -1.14. The fourth-order valence-corrected chi connectivity index (χ4v) is 1.93. The highest BCUT2D eigenvalue weighted by Crippen LogP contribution is 2.32. The van der Waals surface area contributed by atoms with E-state index < -0.39 is 23.0 Å². The Bertz CT molecular complexity index is 360. The Kier molecular flexibility index (Phi) is 4.58. The number of nitrogens with two attached hydrogens (primary N) is 1. The lowest BCUT2D eigenvalue weighted by Gasteiger charge is -2.44. The van der Waals surface area contributed by atoms with Crippen molar-refractivity contribution in [2.24, 2.45) is 11.1 Å². The lowest BCUT2D eigenvalue weighted by molar-refractivity contribution is -0.155. The van der Waals surface area contributed by atoms with Crippen LogP contribution in [-0.4, -0.2) is 53.2 Å². The fraction of sp³-hybridized carbons (Fsp3) is 0.846. The average molecular weight is 272 g/mol. The molecule has 110 valence electrons. The number of hydrogen-bond acceptors (Lipinski definition) is 4. The number of amides is 1. The number of carboxylic acid groups (broad SMARTS) is 1. The first-order valence-electron chi connectivity index (χ1n) is 6.47. The molecule has 1 rings (SSSR count). The highest BCUT2D eigenvalue weighted by molar-refractivity contribution is 5.84. The van der Waals surface area contributed by atoms with Gasteiger partial charge < -0.3 is 20.5 Å². The quantitative estimate of drug-likeness (QED) is 0.775. The van der Waals surface area contributed by atoms with Gasteiger partial charge in [0.15, 0.2) is 0 Å². The summed E-state index contributed by atoms with van der Waals surface area (Å²) in [6.07, 6.45) is -0.104. The van der Waals surface area contributed by atoms with Crippen LogP contribution in [-0.2, 0) is 14.3 Å². The second kappa shape index (κ2) is 5.46. The Morgan fingerprint density at radius 2 is 1.95 bits per heavy atom. The summed E-state index contributed by atoms with van der Waals surface area (Å²) >= 11 is 0. The lowest BCUT2D eigenvalue weighted by atomic mass is 9.74. The number of morpholine rings is 1. The van der Waals surface area contributed by atoms with Crippen LogP contribution in [0.2, 0.25) is 0 Å². The third-order valence-electron chi connectivity index (χ3n) is 4.04. The molecule has 0 radical (unpaired) electrons. The molecule has 0 bridgehead atoms. The van der Waals surface area contributed by atoms with E-state index in [9.17, 15) is 9.59 Å². The fourth-order valence-electron chi connectivity index (χ4n) is 1.93. The van der Waals surface area contributed by atoms with Crippen molar-refractivity contribution in [1.29, 1.82) is 0 Å². The maximum Gasteiger partial charge on any atom is 0.305 e. The van der Waals surface area contributed by atoms with E-state index in [1.165, 1.54) is 0 Å². The van der Waals surface area contributed by atoms with Crippen LogP contribution >= 0.6 is 0 Å². The van der Waals surface area contributed by atoms with Gasteiger partial charge in [0.25, 0.3) is 0 Å². The molecule has 19 heavy (non-hydrogen) atoms. The predicted octanol–water partition coefficient (Wildman–Crippen LogP) is 0.452. The molecule has 1 aliphatic heterocycles. The van der Waals surface area contributed by atoms with Crippen LogP contribution in [0.1, 0.15) is 34.1 Å². The number of carboxylic acids is 1. The van der Waals surface area contributed by atoms with E-state index in [0.717, 1.165) is 0 Å². The van der Waals surface area contributed by atoms with E-state index in [4.69, 9.17) is 15.6 Å². The number of aliphatic carboxylic acids is 1. The molecule has 0 aliphatic carbocycles. The second-order valence-corrected chi connectivity index (χ2v) is 6.17. The monoisotopic (exact) mass is 272 g/mol. The van der Waals surface area contributed by atoms with Gasteiger partial charge in [0.1, 0.15) is 0 Å². The topological polar surface area (TPSA) is 92.9 Å². The van der Waals surface area contributed by atoms with Crippen molar-refractivity contribution in [1.82, 2.24) is 4.90 Å². The summed E-state index contributed by atoms with van der Waals surface area (Å²) in [5.74, 6) is -1.05. The number of carbonyl (C=O) groups is 2. The van der Waals surface area contributed by atoms with Crippen molar-refractivity contribution in [3.63, 3.8) is 0 Å². The minimum atomic E-state index is -0.932. The van der Waals surface area contributed by atoms with Crippen molar-refractivity contribution < 1.29 is 19.4 Å². The number of hydrogen-bond donors (Lipinski definition) is 2. The van der Waals surface area contributed by atoms with E-state index in [-0.39, 0.29) is 18.9 Å². The summed E-state index contributed by atoms with van der Waals surface area (Å²) in [6.45, 7) is 8.30. The molecule has 1 amide bonds. The van der Waals surface area contributed by atoms with Crippen molar-refractivity contribution >= 4 is 11.9 Å². The molecule has 3 N–H and O–H groups in total. The minimum Gasteiger partial charge on any atom is -0.481 e. The van der Waals surface area contributed by atoms with Crippen LogP contribution in [0.25, 0.3) is 0 Å². The Morgan fingerprint density at radius 3 is 2.42 bits per heavy atom. The van der Waals surface area contributed by atoms with Gasteiger partial charge in [0, 0.05) is 12.1 Å². The molecule has 0 spiro atoms. The van der Waals surface area contributed by atoms with Gasteiger partial charge in [-0.15, -0.1) is 0 Å². The molecular weight excluding hydrogens is 248 g/mol. The first-order chi connectivity index (χ1) is 8.57. The largest absolute Gasteiger partial charge is 0.481 e. The molecule has 1 unspecified atom stereocenters. The Labute approximate surface area is 113 Å². The van der Waals surface area contributed by atoms with Gasteiger partial charge in [-0.25, -0.2) is 0 Å². The standard InChI is InChI=1S/C13H24N2O4/c1-12(2,13(3,4)14)11(18)15-5-6-19-8-9(15)7-10(16)17/h9H,5-8,14H2,1-4H3,(H,16,17). The second-order valence-electron chi connectivity index (χ2n) is 6.17. The van der Waals surface area contributed by atoms with E-state index in [2.05, 4.69) is 0 Å². The van der Waals surface area contributed by atoms with Gasteiger partial charge in [0.2, 0.25) is 5.91 Å². The molecule has 1 saturated heterocycles. The summed E-state index contributed by atoms with van der Waals surface area (Å²) in [7, 11) is 0. The summed E-state index contributed by atoms with van der Waals surface area (Å²) < 4.78 is 5.27. The van der Waals surface area contributed by atoms with Crippen LogP contribution in [0.5, 0.6) is 0 Å². The predicted molar refractivity (Wildman–Crippen MR) is 70.6 cm³/mol. The Balaban J connectivity index is 2.91. The number of nitrogens with zero attached hydrogens (tertiary/aromatic N) is 1. The maximum atomic E-state index is 12.7. The van der Waals surface area contributed by atoms with Gasteiger partial charge in [-0.2, -0.15) is 0 Å². The number of rotatable bonds is 4. The van der Waals surface area contributed by atoms with Crippen LogP contribution < -0.4 is 5.73 Å². The first kappa shape index (κ1) is 15.9. The average Bonchev–Trinajstić information content (AvgIpc) is 2.26. The number of carbonyl (C=O) groups excluding carboxylic acids is 1. The maximum absolute atomic E-state index is 12.7. The molecule has 0 aromatic carbocycles. The summed E-state index contributed by atoms with van der Waals surface area (Å²) in [4.78, 5) is 25.1. The molecule has 0 aromatic rings. The summed E-state index contributed by atoms with van der Waals surface area (Å²) in [5.41, 5.74) is 4.63. The molecule has 1 heterocycles. The van der Waals surface area contributed by atoms with Gasteiger partial charge in [0.05, 0.1) is 31.1 Å². The van der Waals surface area contributed by atoms with E-state index in [1.54, 1.807) is 32.6 Å². The minimum absolute atomic E-state index is 0.104. The van der Waals surface area contributed by atoms with Crippen molar-refractivity contribution in [2.75, 3.05) is 19.8 Å². The molecule has 6 nitrogen and oxygen atoms in total. The lowest BCUT2D eigenvalue weighted by Crippen LogP contribution is -2.60. The van der Waals surface area contributed by atoms with Crippen molar-refractivity contribution in [3.05, 3.63) is 0 Å². The van der Waals surface area contributed by atoms with Crippen LogP contribution in [0.4, 0.5) is 0 Å². The zero-order valence-corrected chi connectivity index (χ0v) is 12.1. The molecule has 1 aliphatic rings. The van der Waals surface area contributed by atoms with Crippen molar-refractivity contribution in [2.45, 2.75) is 45.7 Å². The molecule has 6 heteroatoms. The molecular formula is C13H24N2O4. The zero-order valence-electron chi connectivity index (χ0n) is 12.1. The summed E-state index contributed by atoms with van der Waals surface area (Å²) in [6, 6.07) is -0.416. The SMILES string of the molecule is CC(C)(N)C(C)(C)C(=O)N1CCOCC1CC(=O)O. The van der Waals surface area contributed by atoms with Crippen molar-refractivity contribution in [3.8, 4) is 0 Å². The smallest absolute Gasteiger partial charge is 0.305 e. The molecule has 0 saturated carbocycles. The summed E-state index contributed by atoms with van der Waals surface area (Å²) in [5, 5.41) is 8.91. The number of ether oxygens (including phenoxy) is 1. The zero-order chi connectivity index (χ0) is 14.8. The van der Waals surface area contributed by atoms with Crippen LogP contribution in [0, 0.1) is 5.41 Å². The third-order valence-corrected chi connectivity index (χ3v) is 4.04. The van der Waals surface area contributed by atoms with Gasteiger partial charge in [-0.05, 0) is 27.7 Å². The molecule has 1 atom stereocenters. The highest BCUT2D eigenvalue weighted by Gasteiger charge is 2.45. The normalized spacial score (nSPS) is 21.3. The van der Waals surface area contributed by atoms with Gasteiger partial charge in [-0.3, -0.25) is 9.59 Å². The van der Waals surface area contributed by atoms with E-state index >= 15 is 0 Å². The van der Waals surface area contributed by atoms with E-state index in [0.29, 0.717) is 13.2 Å². The third kappa shape index (κ3) is 3.45. The Morgan fingerprint density at radius 1 is 1.37 bits per heavy atom. The van der Waals surface area contributed by atoms with Gasteiger partial charge >= 0.3 is 5.97 Å². The van der Waals surface area contributed by atoms with Crippen LogP contribution in [0.3, 0.4) is 0 Å².